The highest BCUT2D eigenvalue weighted by molar-refractivity contribution is 5.88. The first kappa shape index (κ1) is 10.3. The topological polar surface area (TPSA) is 12.4 Å². The number of hydrogen-bond donors (Lipinski definition) is 0. The van der Waals surface area contributed by atoms with Gasteiger partial charge in [0.25, 0.3) is 0 Å². The summed E-state index contributed by atoms with van der Waals surface area (Å²) in [7, 11) is 0. The molecule has 90 valence electrons. The monoisotopic (exact) mass is 235 g/mol. The number of fused-ring (bicyclic) bond motifs is 2. The minimum Gasteiger partial charge on any atom is -0.288 e. The Kier molecular flexibility index (Phi) is 2.26. The number of benzene rings is 1. The van der Waals surface area contributed by atoms with Crippen LogP contribution in [0.25, 0.3) is 0 Å². The van der Waals surface area contributed by atoms with Gasteiger partial charge in [-0.1, -0.05) is 30.3 Å². The molecular formula is C17H17N. The van der Waals surface area contributed by atoms with Gasteiger partial charge in [-0.25, -0.2) is 0 Å². The summed E-state index contributed by atoms with van der Waals surface area (Å²) in [6, 6.07) is 8.99. The van der Waals surface area contributed by atoms with Crippen LogP contribution in [0.1, 0.15) is 36.3 Å². The van der Waals surface area contributed by atoms with Crippen molar-refractivity contribution in [2.24, 2.45) is 4.99 Å². The van der Waals surface area contributed by atoms with Gasteiger partial charge in [0, 0.05) is 12.1 Å². The van der Waals surface area contributed by atoms with Gasteiger partial charge >= 0.3 is 0 Å². The highest BCUT2D eigenvalue weighted by Crippen LogP contribution is 2.44. The second-order valence-corrected chi connectivity index (χ2v) is 5.51. The summed E-state index contributed by atoms with van der Waals surface area (Å²) < 4.78 is 0. The van der Waals surface area contributed by atoms with Gasteiger partial charge in [0.15, 0.2) is 0 Å². The second-order valence-electron chi connectivity index (χ2n) is 5.51. The Labute approximate surface area is 108 Å². The molecule has 1 nitrogen and oxygen atoms in total. The van der Waals surface area contributed by atoms with Crippen LogP contribution in [-0.2, 0) is 6.42 Å². The van der Waals surface area contributed by atoms with Gasteiger partial charge in [-0.15, -0.1) is 0 Å². The van der Waals surface area contributed by atoms with Gasteiger partial charge in [0.1, 0.15) is 0 Å². The van der Waals surface area contributed by atoms with Crippen LogP contribution in [0.5, 0.6) is 0 Å². The van der Waals surface area contributed by atoms with E-state index >= 15 is 0 Å². The maximum absolute atomic E-state index is 4.55. The van der Waals surface area contributed by atoms with Crippen LogP contribution >= 0.6 is 0 Å². The van der Waals surface area contributed by atoms with Crippen molar-refractivity contribution in [3.8, 4) is 0 Å². The van der Waals surface area contributed by atoms with E-state index in [4.69, 9.17) is 0 Å². The van der Waals surface area contributed by atoms with E-state index in [0.29, 0.717) is 5.92 Å². The van der Waals surface area contributed by atoms with Crippen molar-refractivity contribution in [1.29, 1.82) is 0 Å². The number of allylic oxidation sites excluding steroid dienone is 3. The van der Waals surface area contributed by atoms with Gasteiger partial charge in [0.2, 0.25) is 0 Å². The molecule has 2 aliphatic carbocycles. The predicted octanol–water partition coefficient (Wildman–Crippen LogP) is 3.82. The van der Waals surface area contributed by atoms with Gasteiger partial charge in [-0.2, -0.15) is 0 Å². The van der Waals surface area contributed by atoms with E-state index in [1.54, 1.807) is 16.7 Å². The van der Waals surface area contributed by atoms with E-state index in [1.807, 2.05) is 0 Å². The van der Waals surface area contributed by atoms with Crippen LogP contribution in [0.2, 0.25) is 0 Å². The molecular weight excluding hydrogens is 218 g/mol. The average molecular weight is 235 g/mol. The second kappa shape index (κ2) is 3.94. The Morgan fingerprint density at radius 2 is 2.11 bits per heavy atom. The molecule has 0 N–H and O–H groups in total. The summed E-state index contributed by atoms with van der Waals surface area (Å²) in [5, 5.41) is 0. The molecule has 1 unspecified atom stereocenters. The number of dihydropyridines is 1. The van der Waals surface area contributed by atoms with Gasteiger partial charge in [0.05, 0.1) is 6.54 Å². The van der Waals surface area contributed by atoms with E-state index in [9.17, 15) is 0 Å². The average Bonchev–Trinajstić information content (AvgIpc) is 2.63. The highest BCUT2D eigenvalue weighted by Gasteiger charge is 2.31. The van der Waals surface area contributed by atoms with Crippen LogP contribution in [0, 0.1) is 0 Å². The standard InChI is InChI=1S/C17H17N/c1-3-7-15-12(5-1)9-14-11-18-10-13-6-2-4-8-16(15)17(13)14/h1,3,5-7,10,16H,2,4,8-9,11H2. The first-order chi connectivity index (χ1) is 8.93. The molecule has 1 aliphatic heterocycles. The SMILES string of the molecule is C1=NCC2=C3C1=CCCCC3c1ccccc1C2. The Morgan fingerprint density at radius 1 is 1.17 bits per heavy atom. The van der Waals surface area contributed by atoms with E-state index in [2.05, 4.69) is 41.5 Å². The number of aliphatic imine (C=N–C) groups is 1. The largest absolute Gasteiger partial charge is 0.288 e. The Bertz CT molecular complexity index is 589. The Balaban J connectivity index is 1.92. The van der Waals surface area contributed by atoms with Gasteiger partial charge < -0.3 is 0 Å². The van der Waals surface area contributed by atoms with Gasteiger partial charge in [-0.3, -0.25) is 4.99 Å². The van der Waals surface area contributed by atoms with E-state index in [0.717, 1.165) is 13.0 Å². The summed E-state index contributed by atoms with van der Waals surface area (Å²) in [5.74, 6) is 0.630. The molecule has 1 atom stereocenters. The zero-order valence-corrected chi connectivity index (χ0v) is 10.5. The molecule has 3 aliphatic rings. The number of rotatable bonds is 0. The minimum absolute atomic E-state index is 0.630. The van der Waals surface area contributed by atoms with Gasteiger partial charge in [-0.05, 0) is 53.5 Å². The van der Waals surface area contributed by atoms with Crippen LogP contribution in [0.15, 0.2) is 52.1 Å². The lowest BCUT2D eigenvalue weighted by atomic mass is 9.74. The zero-order chi connectivity index (χ0) is 11.9. The first-order valence-electron chi connectivity index (χ1n) is 6.93. The molecule has 0 radical (unpaired) electrons. The molecule has 1 heterocycles. The third kappa shape index (κ3) is 1.43. The number of hydrogen-bond acceptors (Lipinski definition) is 1. The summed E-state index contributed by atoms with van der Waals surface area (Å²) in [6.45, 7) is 0.914. The molecule has 0 amide bonds. The smallest absolute Gasteiger partial charge is 0.0609 e. The zero-order valence-electron chi connectivity index (χ0n) is 10.5. The highest BCUT2D eigenvalue weighted by atomic mass is 14.7. The Hall–Kier alpha value is -1.63. The lowest BCUT2D eigenvalue weighted by Gasteiger charge is -2.32. The maximum atomic E-state index is 4.55. The molecule has 0 saturated heterocycles. The quantitative estimate of drug-likeness (QED) is 0.648. The molecule has 1 aromatic rings. The summed E-state index contributed by atoms with van der Waals surface area (Å²) in [5.41, 5.74) is 7.68. The van der Waals surface area contributed by atoms with Crippen molar-refractivity contribution in [1.82, 2.24) is 0 Å². The molecule has 1 heteroatoms. The van der Waals surface area contributed by atoms with Crippen molar-refractivity contribution in [3.63, 3.8) is 0 Å². The first-order valence-corrected chi connectivity index (χ1v) is 6.93. The lowest BCUT2D eigenvalue weighted by molar-refractivity contribution is 0.655. The molecule has 4 rings (SSSR count). The summed E-state index contributed by atoms with van der Waals surface area (Å²) >= 11 is 0. The predicted molar refractivity (Wildman–Crippen MR) is 75.2 cm³/mol. The van der Waals surface area contributed by atoms with Crippen LogP contribution in [0.3, 0.4) is 0 Å². The van der Waals surface area contributed by atoms with Crippen LogP contribution in [-0.4, -0.2) is 12.8 Å². The fourth-order valence-electron chi connectivity index (χ4n) is 3.67. The Morgan fingerprint density at radius 3 is 3.11 bits per heavy atom. The molecule has 18 heavy (non-hydrogen) atoms. The third-order valence-electron chi connectivity index (χ3n) is 4.45. The van der Waals surface area contributed by atoms with E-state index in [-0.39, 0.29) is 0 Å². The minimum atomic E-state index is 0.630. The van der Waals surface area contributed by atoms with Crippen molar-refractivity contribution in [2.75, 3.05) is 6.54 Å². The molecule has 0 bridgehead atoms. The summed E-state index contributed by atoms with van der Waals surface area (Å²) in [6.07, 6.45) is 9.40. The van der Waals surface area contributed by atoms with E-state index < -0.39 is 0 Å². The molecule has 0 fully saturated rings. The fraction of sp³-hybridized carbons (Fsp3) is 0.353. The summed E-state index contributed by atoms with van der Waals surface area (Å²) in [4.78, 5) is 4.55. The van der Waals surface area contributed by atoms with Crippen molar-refractivity contribution < 1.29 is 0 Å². The molecule has 0 saturated carbocycles. The van der Waals surface area contributed by atoms with Crippen molar-refractivity contribution in [3.05, 3.63) is 58.2 Å². The lowest BCUT2D eigenvalue weighted by Crippen LogP contribution is -2.20. The third-order valence-corrected chi connectivity index (χ3v) is 4.45. The number of nitrogens with zero attached hydrogens (tertiary/aromatic N) is 1. The van der Waals surface area contributed by atoms with E-state index in [1.165, 1.54) is 30.4 Å². The fourth-order valence-corrected chi connectivity index (χ4v) is 3.67. The molecule has 0 aromatic heterocycles. The normalized spacial score (nSPS) is 25.1. The maximum Gasteiger partial charge on any atom is 0.0609 e. The van der Waals surface area contributed by atoms with Crippen LogP contribution in [0.4, 0.5) is 0 Å². The van der Waals surface area contributed by atoms with Crippen LogP contribution < -0.4 is 0 Å². The van der Waals surface area contributed by atoms with Crippen molar-refractivity contribution >= 4 is 6.21 Å². The van der Waals surface area contributed by atoms with Crippen molar-refractivity contribution in [2.45, 2.75) is 31.6 Å². The molecule has 0 spiro atoms. The molecule has 1 aromatic carbocycles.